The van der Waals surface area contributed by atoms with E-state index in [4.69, 9.17) is 11.6 Å². The van der Waals surface area contributed by atoms with E-state index in [0.29, 0.717) is 17.2 Å². The average molecular weight is 463 g/mol. The summed E-state index contributed by atoms with van der Waals surface area (Å²) in [4.78, 5) is 2.36. The van der Waals surface area contributed by atoms with Gasteiger partial charge in [-0.1, -0.05) is 84.4 Å². The smallest absolute Gasteiger partial charge is 0.108 e. The van der Waals surface area contributed by atoms with Gasteiger partial charge in [0.25, 0.3) is 0 Å². The number of benzene rings is 3. The molecule has 0 saturated carbocycles. The van der Waals surface area contributed by atoms with Crippen LogP contribution in [-0.2, 0) is 22.0 Å². The average Bonchev–Trinajstić information content (AvgIpc) is 3.32. The van der Waals surface area contributed by atoms with Crippen LogP contribution < -0.4 is 0 Å². The van der Waals surface area contributed by atoms with Gasteiger partial charge in [0.1, 0.15) is 5.41 Å². The van der Waals surface area contributed by atoms with Crippen molar-refractivity contribution in [2.24, 2.45) is 0 Å². The lowest BCUT2D eigenvalue weighted by Gasteiger charge is -2.30. The van der Waals surface area contributed by atoms with Crippen molar-refractivity contribution in [1.29, 1.82) is 5.26 Å². The minimum Gasteiger partial charge on any atom is -0.302 e. The van der Waals surface area contributed by atoms with E-state index in [-0.39, 0.29) is 5.25 Å². The van der Waals surface area contributed by atoms with E-state index >= 15 is 0 Å². The van der Waals surface area contributed by atoms with Crippen LogP contribution in [0.5, 0.6) is 0 Å². The molecular weight excluding hydrogens is 436 g/mol. The van der Waals surface area contributed by atoms with Crippen LogP contribution in [0, 0.1) is 11.3 Å². The number of hydrogen-bond donors (Lipinski definition) is 0. The first-order valence-corrected chi connectivity index (χ1v) is 12.7. The molecule has 1 aliphatic heterocycles. The highest BCUT2D eigenvalue weighted by molar-refractivity contribution is 7.84. The van der Waals surface area contributed by atoms with Gasteiger partial charge in [-0.05, 0) is 48.2 Å². The summed E-state index contributed by atoms with van der Waals surface area (Å²) < 4.78 is 12.9. The number of nitriles is 1. The summed E-state index contributed by atoms with van der Waals surface area (Å²) in [6.45, 7) is 2.53. The number of nitrogens with zero attached hydrogens (tertiary/aromatic N) is 2. The van der Waals surface area contributed by atoms with Gasteiger partial charge in [0.2, 0.25) is 0 Å². The largest absolute Gasteiger partial charge is 0.302 e. The van der Waals surface area contributed by atoms with E-state index in [1.165, 1.54) is 0 Å². The van der Waals surface area contributed by atoms with E-state index < -0.39 is 16.2 Å². The second-order valence-corrected chi connectivity index (χ2v) is 10.5. The molecule has 3 aromatic rings. The highest BCUT2D eigenvalue weighted by Gasteiger charge is 2.36. The third-order valence-corrected chi connectivity index (χ3v) is 8.35. The first-order valence-electron chi connectivity index (χ1n) is 11.0. The topological polar surface area (TPSA) is 44.1 Å². The molecule has 1 fully saturated rings. The Balaban J connectivity index is 1.44. The number of hydrogen-bond acceptors (Lipinski definition) is 3. The summed E-state index contributed by atoms with van der Waals surface area (Å²) in [6.07, 6.45) is 1.63. The van der Waals surface area contributed by atoms with Crippen LogP contribution in [0.2, 0.25) is 5.02 Å². The lowest BCUT2D eigenvalue weighted by Crippen LogP contribution is -2.33. The second kappa shape index (κ2) is 10.4. The molecule has 0 radical (unpaired) electrons. The van der Waals surface area contributed by atoms with Gasteiger partial charge in [-0.25, -0.2) is 0 Å². The fourth-order valence-corrected chi connectivity index (χ4v) is 6.12. The molecule has 5 heteroatoms. The summed E-state index contributed by atoms with van der Waals surface area (Å²) in [5.74, 6) is 0.561. The van der Waals surface area contributed by atoms with Crippen LogP contribution in [0.3, 0.4) is 0 Å². The first-order chi connectivity index (χ1) is 15.6. The van der Waals surface area contributed by atoms with Crippen LogP contribution in [0.4, 0.5) is 0 Å². The quantitative estimate of drug-likeness (QED) is 0.440. The third kappa shape index (κ3) is 5.13. The van der Waals surface area contributed by atoms with Gasteiger partial charge >= 0.3 is 0 Å². The first kappa shape index (κ1) is 22.7. The van der Waals surface area contributed by atoms with Crippen molar-refractivity contribution in [3.63, 3.8) is 0 Å². The van der Waals surface area contributed by atoms with Crippen molar-refractivity contribution in [3.8, 4) is 6.07 Å². The van der Waals surface area contributed by atoms with Crippen molar-refractivity contribution >= 4 is 22.4 Å². The molecule has 0 amide bonds. The Hall–Kier alpha value is -2.45. The molecule has 4 rings (SSSR count). The summed E-state index contributed by atoms with van der Waals surface area (Å²) in [5.41, 5.74) is 2.41. The molecule has 1 aliphatic rings. The molecule has 0 bridgehead atoms. The zero-order valence-electron chi connectivity index (χ0n) is 18.0. The van der Waals surface area contributed by atoms with Crippen molar-refractivity contribution in [1.82, 2.24) is 4.90 Å². The van der Waals surface area contributed by atoms with E-state index in [2.05, 4.69) is 11.0 Å². The van der Waals surface area contributed by atoms with Crippen molar-refractivity contribution in [3.05, 3.63) is 107 Å². The highest BCUT2D eigenvalue weighted by Crippen LogP contribution is 2.36. The number of rotatable bonds is 8. The van der Waals surface area contributed by atoms with Gasteiger partial charge < -0.3 is 4.90 Å². The van der Waals surface area contributed by atoms with Crippen molar-refractivity contribution < 1.29 is 4.21 Å². The zero-order valence-corrected chi connectivity index (χ0v) is 19.6. The maximum Gasteiger partial charge on any atom is 0.108 e. The standard InChI is InChI=1S/C27H27ClN2OS/c28-25-13-11-22(12-14-25)20-32(31)26-15-17-30(19-26)18-16-27(21-29,23-7-3-1-4-8-23)24-9-5-2-6-10-24/h1-14,26H,15-20H2. The summed E-state index contributed by atoms with van der Waals surface area (Å²) >= 11 is 5.96. The van der Waals surface area contributed by atoms with Gasteiger partial charge in [-0.3, -0.25) is 4.21 Å². The van der Waals surface area contributed by atoms with Gasteiger partial charge in [-0.15, -0.1) is 0 Å². The van der Waals surface area contributed by atoms with E-state index in [0.717, 1.165) is 42.7 Å². The Morgan fingerprint density at radius 2 is 1.56 bits per heavy atom. The zero-order chi connectivity index (χ0) is 22.4. The SMILES string of the molecule is N#CC(CCN1CCC(S(=O)Cc2ccc(Cl)cc2)C1)(c1ccccc1)c1ccccc1. The Morgan fingerprint density at radius 3 is 2.12 bits per heavy atom. The highest BCUT2D eigenvalue weighted by atomic mass is 35.5. The summed E-state index contributed by atoms with van der Waals surface area (Å²) in [6, 6.07) is 30.4. The monoisotopic (exact) mass is 462 g/mol. The Kier molecular flexibility index (Phi) is 7.42. The van der Waals surface area contributed by atoms with E-state index in [9.17, 15) is 9.47 Å². The van der Waals surface area contributed by atoms with Gasteiger partial charge in [0.15, 0.2) is 0 Å². The van der Waals surface area contributed by atoms with E-state index in [1.54, 1.807) is 0 Å². The lowest BCUT2D eigenvalue weighted by atomic mass is 9.73. The molecular formula is C27H27ClN2OS. The van der Waals surface area contributed by atoms with Crippen LogP contribution >= 0.6 is 11.6 Å². The molecule has 3 aromatic carbocycles. The Labute approximate surface area is 198 Å². The predicted molar refractivity (Wildman–Crippen MR) is 132 cm³/mol. The van der Waals surface area contributed by atoms with Crippen molar-refractivity contribution in [2.45, 2.75) is 29.3 Å². The maximum atomic E-state index is 12.9. The van der Waals surface area contributed by atoms with Crippen LogP contribution in [0.1, 0.15) is 29.5 Å². The summed E-state index contributed by atoms with van der Waals surface area (Å²) in [7, 11) is -0.922. The Bertz CT molecular complexity index is 1040. The molecule has 0 N–H and O–H groups in total. The number of likely N-dealkylation sites (tertiary alicyclic amines) is 1. The third-order valence-electron chi connectivity index (χ3n) is 6.35. The molecule has 1 saturated heterocycles. The molecule has 0 aromatic heterocycles. The molecule has 1 heterocycles. The molecule has 2 atom stereocenters. The van der Waals surface area contributed by atoms with Gasteiger partial charge in [-0.2, -0.15) is 5.26 Å². The molecule has 3 nitrogen and oxygen atoms in total. The van der Waals surface area contributed by atoms with Crippen LogP contribution in [-0.4, -0.2) is 34.0 Å². The van der Waals surface area contributed by atoms with Crippen molar-refractivity contribution in [2.75, 3.05) is 19.6 Å². The predicted octanol–water partition coefficient (Wildman–Crippen LogP) is 5.56. The molecule has 164 valence electrons. The fraction of sp³-hybridized carbons (Fsp3) is 0.296. The summed E-state index contributed by atoms with van der Waals surface area (Å²) in [5, 5.41) is 11.2. The molecule has 32 heavy (non-hydrogen) atoms. The Morgan fingerprint density at radius 1 is 0.969 bits per heavy atom. The minimum absolute atomic E-state index is 0.163. The number of halogens is 1. The van der Waals surface area contributed by atoms with E-state index in [1.807, 2.05) is 84.9 Å². The van der Waals surface area contributed by atoms with Gasteiger partial charge in [0, 0.05) is 39.9 Å². The maximum absolute atomic E-state index is 12.9. The molecule has 0 spiro atoms. The second-order valence-electron chi connectivity index (χ2n) is 8.36. The minimum atomic E-state index is -0.922. The van der Waals surface area contributed by atoms with Gasteiger partial charge in [0.05, 0.1) is 6.07 Å². The molecule has 0 aliphatic carbocycles. The fourth-order valence-electron chi connectivity index (χ4n) is 4.49. The van der Waals surface area contributed by atoms with Crippen LogP contribution in [0.15, 0.2) is 84.9 Å². The van der Waals surface area contributed by atoms with Crippen LogP contribution in [0.25, 0.3) is 0 Å². The lowest BCUT2D eigenvalue weighted by molar-refractivity contribution is 0.315. The molecule has 2 unspecified atom stereocenters. The normalized spacial score (nSPS) is 17.7.